The van der Waals surface area contributed by atoms with Crippen molar-refractivity contribution in [3.63, 3.8) is 0 Å². The van der Waals surface area contributed by atoms with E-state index in [-0.39, 0.29) is 0 Å². The van der Waals surface area contributed by atoms with Crippen LogP contribution in [-0.4, -0.2) is 0 Å². The van der Waals surface area contributed by atoms with Crippen LogP contribution in [0.1, 0.15) is 16.7 Å². The zero-order chi connectivity index (χ0) is 17.9. The van der Waals surface area contributed by atoms with Crippen LogP contribution in [0.5, 0.6) is 0 Å². The Morgan fingerprint density at radius 2 is 1.08 bits per heavy atom. The number of thioether (sulfide) groups is 2. The molecule has 3 aromatic rings. The molecule has 0 heterocycles. The molecule has 0 atom stereocenters. The lowest BCUT2D eigenvalue weighted by molar-refractivity contribution is 1.66. The SMILES string of the molecule is C(=Cc1ccccc1)SC=C(SC=Cc1ccccc1)c1ccccc1. The summed E-state index contributed by atoms with van der Waals surface area (Å²) in [5.74, 6) is 0. The first-order chi connectivity index (χ1) is 12.9. The third-order valence-corrected chi connectivity index (χ3v) is 5.32. The van der Waals surface area contributed by atoms with Gasteiger partial charge in [-0.1, -0.05) is 103 Å². The van der Waals surface area contributed by atoms with Gasteiger partial charge in [0.15, 0.2) is 0 Å². The molecule has 26 heavy (non-hydrogen) atoms. The molecule has 0 N–H and O–H groups in total. The summed E-state index contributed by atoms with van der Waals surface area (Å²) in [5, 5.41) is 6.48. The second-order valence-corrected chi connectivity index (χ2v) is 7.26. The average Bonchev–Trinajstić information content (AvgIpc) is 2.72. The van der Waals surface area contributed by atoms with Gasteiger partial charge in [0.05, 0.1) is 0 Å². The first-order valence-electron chi connectivity index (χ1n) is 8.43. The van der Waals surface area contributed by atoms with Crippen LogP contribution >= 0.6 is 23.5 Å². The third-order valence-electron chi connectivity index (χ3n) is 3.63. The summed E-state index contributed by atoms with van der Waals surface area (Å²) in [6, 6.07) is 31.2. The summed E-state index contributed by atoms with van der Waals surface area (Å²) in [6.45, 7) is 0. The molecule has 0 aliphatic rings. The number of benzene rings is 3. The van der Waals surface area contributed by atoms with Crippen molar-refractivity contribution in [2.45, 2.75) is 0 Å². The van der Waals surface area contributed by atoms with Gasteiger partial charge in [-0.2, -0.15) is 0 Å². The molecule has 0 nitrogen and oxygen atoms in total. The monoisotopic (exact) mass is 372 g/mol. The van der Waals surface area contributed by atoms with E-state index >= 15 is 0 Å². The summed E-state index contributed by atoms with van der Waals surface area (Å²) >= 11 is 3.44. The summed E-state index contributed by atoms with van der Waals surface area (Å²) in [4.78, 5) is 1.24. The zero-order valence-corrected chi connectivity index (χ0v) is 16.0. The van der Waals surface area contributed by atoms with Crippen LogP contribution in [0.15, 0.2) is 107 Å². The van der Waals surface area contributed by atoms with Crippen LogP contribution in [0.4, 0.5) is 0 Å². The average molecular weight is 373 g/mol. The Labute approximate surface area is 164 Å². The van der Waals surface area contributed by atoms with Crippen LogP contribution < -0.4 is 0 Å². The molecule has 3 aromatic carbocycles. The van der Waals surface area contributed by atoms with E-state index in [1.165, 1.54) is 21.6 Å². The van der Waals surface area contributed by atoms with Crippen molar-refractivity contribution in [2.24, 2.45) is 0 Å². The molecule has 0 aromatic heterocycles. The maximum absolute atomic E-state index is 2.20. The highest BCUT2D eigenvalue weighted by atomic mass is 32.2. The van der Waals surface area contributed by atoms with Crippen molar-refractivity contribution < 1.29 is 0 Å². The third kappa shape index (κ3) is 6.14. The second kappa shape index (κ2) is 10.5. The maximum atomic E-state index is 2.20. The first kappa shape index (κ1) is 18.4. The van der Waals surface area contributed by atoms with Gasteiger partial charge in [0.2, 0.25) is 0 Å². The minimum atomic E-state index is 1.21. The smallest absolute Gasteiger partial charge is 0.0255 e. The molecule has 0 saturated carbocycles. The van der Waals surface area contributed by atoms with Crippen molar-refractivity contribution >= 4 is 40.6 Å². The highest BCUT2D eigenvalue weighted by Crippen LogP contribution is 2.31. The fraction of sp³-hybridized carbons (Fsp3) is 0. The number of rotatable bonds is 7. The zero-order valence-electron chi connectivity index (χ0n) is 14.4. The van der Waals surface area contributed by atoms with E-state index in [0.717, 1.165) is 0 Å². The summed E-state index contributed by atoms with van der Waals surface area (Å²) in [7, 11) is 0. The number of hydrogen-bond donors (Lipinski definition) is 0. The van der Waals surface area contributed by atoms with E-state index in [4.69, 9.17) is 0 Å². The molecule has 0 aliphatic heterocycles. The Kier molecular flexibility index (Phi) is 7.45. The largest absolute Gasteiger partial charge is 0.105 e. The summed E-state index contributed by atoms with van der Waals surface area (Å²) in [5.41, 5.74) is 3.66. The molecule has 0 radical (unpaired) electrons. The lowest BCUT2D eigenvalue weighted by atomic mass is 10.2. The van der Waals surface area contributed by atoms with Crippen molar-refractivity contribution in [1.82, 2.24) is 0 Å². The van der Waals surface area contributed by atoms with E-state index in [9.17, 15) is 0 Å². The predicted octanol–water partition coefficient (Wildman–Crippen LogP) is 7.79. The van der Waals surface area contributed by atoms with Crippen LogP contribution in [-0.2, 0) is 0 Å². The van der Waals surface area contributed by atoms with E-state index in [2.05, 4.69) is 101 Å². The normalized spacial score (nSPS) is 12.1. The van der Waals surface area contributed by atoms with Crippen LogP contribution in [0, 0.1) is 0 Å². The molecule has 128 valence electrons. The highest BCUT2D eigenvalue weighted by Gasteiger charge is 1.99. The molecule has 0 fully saturated rings. The Balaban J connectivity index is 1.69. The molecule has 0 saturated heterocycles. The van der Waals surface area contributed by atoms with E-state index in [1.807, 2.05) is 18.2 Å². The summed E-state index contributed by atoms with van der Waals surface area (Å²) in [6.07, 6.45) is 4.28. The van der Waals surface area contributed by atoms with Gasteiger partial charge in [0.1, 0.15) is 0 Å². The van der Waals surface area contributed by atoms with E-state index < -0.39 is 0 Å². The second-order valence-electron chi connectivity index (χ2n) is 5.53. The van der Waals surface area contributed by atoms with Crippen molar-refractivity contribution in [2.75, 3.05) is 0 Å². The van der Waals surface area contributed by atoms with Crippen molar-refractivity contribution in [3.05, 3.63) is 124 Å². The molecule has 0 bridgehead atoms. The number of hydrogen-bond acceptors (Lipinski definition) is 2. The van der Waals surface area contributed by atoms with Gasteiger partial charge in [-0.05, 0) is 45.1 Å². The van der Waals surface area contributed by atoms with Gasteiger partial charge in [-0.15, -0.1) is 11.8 Å². The van der Waals surface area contributed by atoms with E-state index in [0.29, 0.717) is 0 Å². The van der Waals surface area contributed by atoms with Gasteiger partial charge >= 0.3 is 0 Å². The minimum Gasteiger partial charge on any atom is -0.105 e. The minimum absolute atomic E-state index is 1.21. The molecular formula is C24H20S2. The summed E-state index contributed by atoms with van der Waals surface area (Å²) < 4.78 is 0. The Bertz CT molecular complexity index is 864. The van der Waals surface area contributed by atoms with Gasteiger partial charge in [-0.25, -0.2) is 0 Å². The Hall–Kier alpha value is -2.42. The van der Waals surface area contributed by atoms with Crippen molar-refractivity contribution in [1.29, 1.82) is 0 Å². The van der Waals surface area contributed by atoms with Gasteiger partial charge in [0, 0.05) is 4.91 Å². The fourth-order valence-electron chi connectivity index (χ4n) is 2.30. The maximum Gasteiger partial charge on any atom is 0.0255 e. The molecule has 0 spiro atoms. The molecule has 0 aliphatic carbocycles. The molecule has 3 rings (SSSR count). The van der Waals surface area contributed by atoms with Crippen LogP contribution in [0.2, 0.25) is 0 Å². The van der Waals surface area contributed by atoms with Gasteiger partial charge in [-0.3, -0.25) is 0 Å². The molecule has 0 amide bonds. The topological polar surface area (TPSA) is 0 Å². The van der Waals surface area contributed by atoms with Gasteiger partial charge < -0.3 is 0 Å². The quantitative estimate of drug-likeness (QED) is 0.415. The molecular weight excluding hydrogens is 352 g/mol. The fourth-order valence-corrected chi connectivity index (χ4v) is 3.91. The lowest BCUT2D eigenvalue weighted by Crippen LogP contribution is -1.76. The predicted molar refractivity (Wildman–Crippen MR) is 121 cm³/mol. The molecule has 0 unspecified atom stereocenters. The van der Waals surface area contributed by atoms with E-state index in [1.54, 1.807) is 23.5 Å². The van der Waals surface area contributed by atoms with Crippen LogP contribution in [0.25, 0.3) is 17.1 Å². The molecule has 2 heteroatoms. The lowest BCUT2D eigenvalue weighted by Gasteiger charge is -2.04. The standard InChI is InChI=1S/C24H20S2/c1-4-10-21(11-5-1)16-18-25-20-24(23-14-8-3-9-15-23)26-19-17-22-12-6-2-7-13-22/h1-20H. The van der Waals surface area contributed by atoms with Crippen molar-refractivity contribution in [3.8, 4) is 0 Å². The van der Waals surface area contributed by atoms with Gasteiger partial charge in [0.25, 0.3) is 0 Å². The highest BCUT2D eigenvalue weighted by molar-refractivity contribution is 8.13. The first-order valence-corrected chi connectivity index (χ1v) is 10.2. The van der Waals surface area contributed by atoms with Crippen LogP contribution in [0.3, 0.4) is 0 Å². The Morgan fingerprint density at radius 3 is 1.65 bits per heavy atom. The Morgan fingerprint density at radius 1 is 0.577 bits per heavy atom.